The molecule has 7 aromatic carbocycles. The van der Waals surface area contributed by atoms with Crippen LogP contribution in [0.15, 0.2) is 156 Å². The summed E-state index contributed by atoms with van der Waals surface area (Å²) < 4.78 is 9.97. The molecule has 11 rings (SSSR count). The Morgan fingerprint density at radius 2 is 1.33 bits per heavy atom. The largest absolute Gasteiger partial charge is 0.456 e. The van der Waals surface area contributed by atoms with Crippen molar-refractivity contribution in [2.45, 2.75) is 0 Å². The number of para-hydroxylation sites is 2. The molecular formula is C44H25N3OS. The van der Waals surface area contributed by atoms with Gasteiger partial charge in [0.15, 0.2) is 0 Å². The lowest BCUT2D eigenvalue weighted by molar-refractivity contribution is 0.669. The van der Waals surface area contributed by atoms with Crippen LogP contribution in [-0.4, -0.2) is 14.5 Å². The van der Waals surface area contributed by atoms with Gasteiger partial charge in [0.1, 0.15) is 21.5 Å². The summed E-state index contributed by atoms with van der Waals surface area (Å²) in [5, 5.41) is 8.20. The van der Waals surface area contributed by atoms with Crippen LogP contribution in [0.4, 0.5) is 0 Å². The summed E-state index contributed by atoms with van der Waals surface area (Å²) in [5.41, 5.74) is 10.4. The second kappa shape index (κ2) is 10.1. The molecule has 0 fully saturated rings. The molecule has 0 spiro atoms. The number of nitrogens with zero attached hydrogens (tertiary/aromatic N) is 3. The number of thiophene rings is 1. The summed E-state index contributed by atoms with van der Waals surface area (Å²) >= 11 is 1.70. The molecule has 0 aliphatic heterocycles. The molecular weight excluding hydrogens is 619 g/mol. The Balaban J connectivity index is 1.09. The van der Waals surface area contributed by atoms with Crippen molar-refractivity contribution in [1.82, 2.24) is 14.5 Å². The minimum absolute atomic E-state index is 0.843. The SMILES string of the molecule is c1ccc(-n2c3ccccc3c3cc(-c4ccc5oc6cccc(-c7cnc8c(n7)sc7ccc9ccccc9c78)c6c5c4)ccc32)cc1. The van der Waals surface area contributed by atoms with Crippen LogP contribution in [0.2, 0.25) is 0 Å². The van der Waals surface area contributed by atoms with E-state index in [1.54, 1.807) is 11.3 Å². The molecule has 0 bridgehead atoms. The smallest absolute Gasteiger partial charge is 0.143 e. The fourth-order valence-electron chi connectivity index (χ4n) is 7.66. The summed E-state index contributed by atoms with van der Waals surface area (Å²) in [5.74, 6) is 0. The van der Waals surface area contributed by atoms with Gasteiger partial charge in [-0.25, -0.2) is 4.98 Å². The number of aromatic nitrogens is 3. The van der Waals surface area contributed by atoms with Gasteiger partial charge in [-0.15, -0.1) is 11.3 Å². The highest BCUT2D eigenvalue weighted by Gasteiger charge is 2.18. The van der Waals surface area contributed by atoms with Crippen LogP contribution in [0.1, 0.15) is 0 Å². The summed E-state index contributed by atoms with van der Waals surface area (Å²) in [6.07, 6.45) is 1.92. The zero-order valence-corrected chi connectivity index (χ0v) is 26.9. The number of hydrogen-bond donors (Lipinski definition) is 0. The van der Waals surface area contributed by atoms with E-state index in [9.17, 15) is 0 Å². The van der Waals surface area contributed by atoms with E-state index in [4.69, 9.17) is 14.4 Å². The van der Waals surface area contributed by atoms with E-state index in [-0.39, 0.29) is 0 Å². The maximum atomic E-state index is 6.42. The van der Waals surface area contributed by atoms with Crippen LogP contribution in [-0.2, 0) is 0 Å². The third-order valence-corrected chi connectivity index (χ3v) is 10.9. The molecule has 49 heavy (non-hydrogen) atoms. The van der Waals surface area contributed by atoms with Crippen LogP contribution in [0, 0.1) is 0 Å². The van der Waals surface area contributed by atoms with Crippen molar-refractivity contribution in [2.75, 3.05) is 0 Å². The van der Waals surface area contributed by atoms with Gasteiger partial charge in [0.25, 0.3) is 0 Å². The highest BCUT2D eigenvalue weighted by atomic mass is 32.1. The highest BCUT2D eigenvalue weighted by molar-refractivity contribution is 7.25. The van der Waals surface area contributed by atoms with E-state index in [0.29, 0.717) is 0 Å². The minimum Gasteiger partial charge on any atom is -0.456 e. The van der Waals surface area contributed by atoms with E-state index in [0.717, 1.165) is 60.4 Å². The number of hydrogen-bond acceptors (Lipinski definition) is 4. The van der Waals surface area contributed by atoms with E-state index >= 15 is 0 Å². The molecule has 0 saturated carbocycles. The van der Waals surface area contributed by atoms with E-state index in [1.807, 2.05) is 18.3 Å². The molecule has 0 N–H and O–H groups in total. The standard InChI is InChI=1S/C44H25N3OS/c1-2-10-29(11-3-1)47-36-15-7-6-13-31(36)33-23-27(17-20-37(33)47)28-18-21-38-34(24-28)41-32(14-8-16-39(41)48-38)35-25-45-43-42-30-12-5-4-9-26(30)19-22-40(42)49-44(43)46-35/h1-25H. The molecule has 4 nitrogen and oxygen atoms in total. The summed E-state index contributed by atoms with van der Waals surface area (Å²) in [4.78, 5) is 11.2. The van der Waals surface area contributed by atoms with Crippen LogP contribution < -0.4 is 0 Å². The lowest BCUT2D eigenvalue weighted by Gasteiger charge is -2.08. The second-order valence-electron chi connectivity index (χ2n) is 12.6. The summed E-state index contributed by atoms with van der Waals surface area (Å²) in [7, 11) is 0. The van der Waals surface area contributed by atoms with Crippen LogP contribution >= 0.6 is 11.3 Å². The zero-order valence-electron chi connectivity index (χ0n) is 26.1. The lowest BCUT2D eigenvalue weighted by atomic mass is 9.98. The van der Waals surface area contributed by atoms with Gasteiger partial charge in [-0.3, -0.25) is 4.98 Å². The molecule has 0 radical (unpaired) electrons. The van der Waals surface area contributed by atoms with E-state index < -0.39 is 0 Å². The van der Waals surface area contributed by atoms with Crippen LogP contribution in [0.3, 0.4) is 0 Å². The average molecular weight is 644 g/mol. The Hall–Kier alpha value is -6.30. The first-order valence-electron chi connectivity index (χ1n) is 16.4. The monoisotopic (exact) mass is 643 g/mol. The molecule has 5 heteroatoms. The third-order valence-electron chi connectivity index (χ3n) is 9.87. The van der Waals surface area contributed by atoms with Crippen molar-refractivity contribution in [3.63, 3.8) is 0 Å². The van der Waals surface area contributed by atoms with Gasteiger partial charge in [0.05, 0.1) is 22.9 Å². The predicted octanol–water partition coefficient (Wildman–Crippen LogP) is 12.3. The van der Waals surface area contributed by atoms with Gasteiger partial charge in [-0.2, -0.15) is 0 Å². The summed E-state index contributed by atoms with van der Waals surface area (Å²) in [6, 6.07) is 51.7. The van der Waals surface area contributed by atoms with Crippen molar-refractivity contribution in [1.29, 1.82) is 0 Å². The van der Waals surface area contributed by atoms with Crippen LogP contribution in [0.5, 0.6) is 0 Å². The Morgan fingerprint density at radius 1 is 0.551 bits per heavy atom. The van der Waals surface area contributed by atoms with Crippen molar-refractivity contribution < 1.29 is 4.42 Å². The van der Waals surface area contributed by atoms with Gasteiger partial charge < -0.3 is 8.98 Å². The molecule has 0 aliphatic rings. The molecule has 11 aromatic rings. The van der Waals surface area contributed by atoms with Gasteiger partial charge in [0, 0.05) is 42.9 Å². The number of benzene rings is 7. The fraction of sp³-hybridized carbons (Fsp3) is 0. The van der Waals surface area contributed by atoms with Gasteiger partial charge in [0.2, 0.25) is 0 Å². The normalized spacial score (nSPS) is 12.1. The lowest BCUT2D eigenvalue weighted by Crippen LogP contribution is -1.92. The van der Waals surface area contributed by atoms with Crippen LogP contribution in [0.25, 0.3) is 103 Å². The van der Waals surface area contributed by atoms with Crippen molar-refractivity contribution in [2.24, 2.45) is 0 Å². The third kappa shape index (κ3) is 3.91. The maximum absolute atomic E-state index is 6.42. The first-order valence-corrected chi connectivity index (χ1v) is 17.2. The molecule has 0 saturated heterocycles. The topological polar surface area (TPSA) is 43.9 Å². The zero-order chi connectivity index (χ0) is 32.1. The molecule has 4 heterocycles. The van der Waals surface area contributed by atoms with Crippen molar-refractivity contribution in [3.8, 4) is 28.1 Å². The Kier molecular flexibility index (Phi) is 5.51. The number of furan rings is 1. The number of fused-ring (bicyclic) bond motifs is 11. The first kappa shape index (κ1) is 26.7. The summed E-state index contributed by atoms with van der Waals surface area (Å²) in [6.45, 7) is 0. The second-order valence-corrected chi connectivity index (χ2v) is 13.6. The highest BCUT2D eigenvalue weighted by Crippen LogP contribution is 2.42. The minimum atomic E-state index is 0.843. The van der Waals surface area contributed by atoms with Gasteiger partial charge in [-0.05, 0) is 76.5 Å². The van der Waals surface area contributed by atoms with Crippen molar-refractivity contribution in [3.05, 3.63) is 152 Å². The predicted molar refractivity (Wildman–Crippen MR) is 205 cm³/mol. The fourth-order valence-corrected chi connectivity index (χ4v) is 8.71. The quantitative estimate of drug-likeness (QED) is 0.192. The molecule has 0 amide bonds. The first-order chi connectivity index (χ1) is 24.3. The number of rotatable bonds is 3. The van der Waals surface area contributed by atoms with Gasteiger partial charge in [-0.1, -0.05) is 91.0 Å². The van der Waals surface area contributed by atoms with E-state index in [2.05, 4.69) is 138 Å². The Labute approximate surface area is 284 Å². The van der Waals surface area contributed by atoms with E-state index in [1.165, 1.54) is 42.7 Å². The maximum Gasteiger partial charge on any atom is 0.143 e. The molecule has 4 aromatic heterocycles. The van der Waals surface area contributed by atoms with Crippen molar-refractivity contribution >= 4 is 86.3 Å². The molecule has 0 atom stereocenters. The molecule has 228 valence electrons. The average Bonchev–Trinajstić information content (AvgIpc) is 3.84. The van der Waals surface area contributed by atoms with Gasteiger partial charge >= 0.3 is 0 Å². The molecule has 0 unspecified atom stereocenters. The Morgan fingerprint density at radius 3 is 2.24 bits per heavy atom. The molecule has 0 aliphatic carbocycles. The Bertz CT molecular complexity index is 3110.